The van der Waals surface area contributed by atoms with Gasteiger partial charge in [0.2, 0.25) is 5.91 Å². The lowest BCUT2D eigenvalue weighted by Gasteiger charge is -2.33. The standard InChI is InChI=1S/C28H39N3O2/c1-20(2)25(30-26(32)22-11-13-23(14-12-22)28(3,4)5)27(33)29-24-15-17-31(18-16-24)19-21-9-7-6-8-10-21/h6-14,20,24-25H,15-19H2,1-5H3,(H,29,33)(H,30,32)/t25-/m0/s1. The topological polar surface area (TPSA) is 61.4 Å². The number of hydrogen-bond donors (Lipinski definition) is 2. The molecule has 0 aromatic heterocycles. The SMILES string of the molecule is CC(C)[C@H](NC(=O)c1ccc(C(C)(C)C)cc1)C(=O)NC1CCN(Cc2ccccc2)CC1. The Labute approximate surface area is 199 Å². The molecule has 0 bridgehead atoms. The summed E-state index contributed by atoms with van der Waals surface area (Å²) in [5.41, 5.74) is 3.11. The van der Waals surface area contributed by atoms with Crippen molar-refractivity contribution in [1.82, 2.24) is 15.5 Å². The molecule has 2 amide bonds. The van der Waals surface area contributed by atoms with Gasteiger partial charge in [0.05, 0.1) is 0 Å². The fourth-order valence-corrected chi connectivity index (χ4v) is 4.25. The fraction of sp³-hybridized carbons (Fsp3) is 0.500. The van der Waals surface area contributed by atoms with E-state index < -0.39 is 6.04 Å². The van der Waals surface area contributed by atoms with Crippen molar-refractivity contribution < 1.29 is 9.59 Å². The van der Waals surface area contributed by atoms with E-state index >= 15 is 0 Å². The van der Waals surface area contributed by atoms with Crippen LogP contribution in [-0.4, -0.2) is 41.9 Å². The number of benzene rings is 2. The zero-order valence-electron chi connectivity index (χ0n) is 20.7. The Morgan fingerprint density at radius 1 is 0.970 bits per heavy atom. The van der Waals surface area contributed by atoms with Crippen LogP contribution < -0.4 is 10.6 Å². The van der Waals surface area contributed by atoms with Gasteiger partial charge in [-0.25, -0.2) is 0 Å². The Hall–Kier alpha value is -2.66. The van der Waals surface area contributed by atoms with E-state index in [1.165, 1.54) is 11.1 Å². The second-order valence-electron chi connectivity index (χ2n) is 10.6. The molecule has 0 aliphatic carbocycles. The second kappa shape index (κ2) is 11.0. The predicted molar refractivity (Wildman–Crippen MR) is 134 cm³/mol. The summed E-state index contributed by atoms with van der Waals surface area (Å²) in [5.74, 6) is -0.297. The number of rotatable bonds is 7. The van der Waals surface area contributed by atoms with Gasteiger partial charge in [0.1, 0.15) is 6.04 Å². The molecule has 2 aromatic rings. The average Bonchev–Trinajstić information content (AvgIpc) is 2.78. The molecular formula is C28H39N3O2. The van der Waals surface area contributed by atoms with Crippen LogP contribution in [0.2, 0.25) is 0 Å². The van der Waals surface area contributed by atoms with E-state index in [2.05, 4.69) is 60.6 Å². The van der Waals surface area contributed by atoms with Crippen LogP contribution >= 0.6 is 0 Å². The molecule has 2 aromatic carbocycles. The predicted octanol–water partition coefficient (Wildman–Crippen LogP) is 4.52. The molecule has 0 radical (unpaired) electrons. The lowest BCUT2D eigenvalue weighted by Crippen LogP contribution is -2.53. The second-order valence-corrected chi connectivity index (χ2v) is 10.6. The molecule has 33 heavy (non-hydrogen) atoms. The van der Waals surface area contributed by atoms with E-state index in [1.54, 1.807) is 0 Å². The molecule has 0 spiro atoms. The van der Waals surface area contributed by atoms with E-state index in [0.717, 1.165) is 32.5 Å². The number of piperidine rings is 1. The molecule has 3 rings (SSSR count). The molecule has 1 aliphatic heterocycles. The van der Waals surface area contributed by atoms with Crippen molar-refractivity contribution >= 4 is 11.8 Å². The number of amides is 2. The number of likely N-dealkylation sites (tertiary alicyclic amines) is 1. The van der Waals surface area contributed by atoms with Gasteiger partial charge in [-0.2, -0.15) is 0 Å². The normalized spacial score (nSPS) is 16.4. The minimum absolute atomic E-state index is 0.000896. The third kappa shape index (κ3) is 7.16. The van der Waals surface area contributed by atoms with Gasteiger partial charge in [0.15, 0.2) is 0 Å². The van der Waals surface area contributed by atoms with Gasteiger partial charge in [-0.1, -0.05) is 77.1 Å². The maximum absolute atomic E-state index is 13.0. The van der Waals surface area contributed by atoms with Gasteiger partial charge in [-0.3, -0.25) is 14.5 Å². The highest BCUT2D eigenvalue weighted by molar-refractivity contribution is 5.97. The van der Waals surface area contributed by atoms with E-state index in [9.17, 15) is 9.59 Å². The van der Waals surface area contributed by atoms with E-state index in [4.69, 9.17) is 0 Å². The molecule has 1 fully saturated rings. The third-order valence-corrected chi connectivity index (χ3v) is 6.43. The quantitative estimate of drug-likeness (QED) is 0.653. The van der Waals surface area contributed by atoms with Gasteiger partial charge >= 0.3 is 0 Å². The number of nitrogens with one attached hydrogen (secondary N) is 2. The first kappa shape index (κ1) is 25.0. The van der Waals surface area contributed by atoms with Gasteiger partial charge in [0.25, 0.3) is 5.91 Å². The number of nitrogens with zero attached hydrogens (tertiary/aromatic N) is 1. The van der Waals surface area contributed by atoms with Gasteiger partial charge < -0.3 is 10.6 Å². The van der Waals surface area contributed by atoms with Crippen molar-refractivity contribution in [3.8, 4) is 0 Å². The Kier molecular flexibility index (Phi) is 8.30. The van der Waals surface area contributed by atoms with Crippen molar-refractivity contribution in [2.24, 2.45) is 5.92 Å². The van der Waals surface area contributed by atoms with Crippen molar-refractivity contribution in [1.29, 1.82) is 0 Å². The molecule has 1 saturated heterocycles. The van der Waals surface area contributed by atoms with Crippen LogP contribution in [0.15, 0.2) is 54.6 Å². The van der Waals surface area contributed by atoms with Crippen molar-refractivity contribution in [3.63, 3.8) is 0 Å². The van der Waals surface area contributed by atoms with E-state index in [-0.39, 0.29) is 29.2 Å². The maximum Gasteiger partial charge on any atom is 0.251 e. The van der Waals surface area contributed by atoms with Crippen LogP contribution in [0, 0.1) is 5.92 Å². The number of hydrogen-bond acceptors (Lipinski definition) is 3. The minimum Gasteiger partial charge on any atom is -0.351 e. The molecule has 2 N–H and O–H groups in total. The highest BCUT2D eigenvalue weighted by atomic mass is 16.2. The average molecular weight is 450 g/mol. The first-order chi connectivity index (χ1) is 15.6. The van der Waals surface area contributed by atoms with Crippen LogP contribution in [0.1, 0.15) is 68.9 Å². The largest absolute Gasteiger partial charge is 0.351 e. The number of carbonyl (C=O) groups is 2. The van der Waals surface area contributed by atoms with Crippen LogP contribution in [0.4, 0.5) is 0 Å². The smallest absolute Gasteiger partial charge is 0.251 e. The summed E-state index contributed by atoms with van der Waals surface area (Å²) in [6, 6.07) is 17.7. The zero-order valence-corrected chi connectivity index (χ0v) is 20.7. The van der Waals surface area contributed by atoms with E-state index in [0.29, 0.717) is 5.56 Å². The zero-order chi connectivity index (χ0) is 24.0. The molecular weight excluding hydrogens is 410 g/mol. The molecule has 5 heteroatoms. The first-order valence-electron chi connectivity index (χ1n) is 12.1. The fourth-order valence-electron chi connectivity index (χ4n) is 4.25. The van der Waals surface area contributed by atoms with Crippen molar-refractivity contribution in [3.05, 3.63) is 71.3 Å². The summed E-state index contributed by atoms with van der Waals surface area (Å²) in [6.45, 7) is 13.2. The third-order valence-electron chi connectivity index (χ3n) is 6.43. The molecule has 1 aliphatic rings. The Morgan fingerprint density at radius 2 is 1.58 bits per heavy atom. The molecule has 0 saturated carbocycles. The van der Waals surface area contributed by atoms with Crippen LogP contribution in [-0.2, 0) is 16.8 Å². The van der Waals surface area contributed by atoms with Gasteiger partial charge in [-0.05, 0) is 47.4 Å². The molecule has 0 unspecified atom stereocenters. The molecule has 1 atom stereocenters. The number of carbonyl (C=O) groups excluding carboxylic acids is 2. The lowest BCUT2D eigenvalue weighted by atomic mass is 9.86. The van der Waals surface area contributed by atoms with Crippen LogP contribution in [0.5, 0.6) is 0 Å². The van der Waals surface area contributed by atoms with Gasteiger partial charge in [0, 0.05) is 31.2 Å². The monoisotopic (exact) mass is 449 g/mol. The first-order valence-corrected chi connectivity index (χ1v) is 12.1. The minimum atomic E-state index is -0.554. The van der Waals surface area contributed by atoms with E-state index in [1.807, 2.05) is 44.2 Å². The summed E-state index contributed by atoms with van der Waals surface area (Å²) in [5, 5.41) is 6.15. The summed E-state index contributed by atoms with van der Waals surface area (Å²) < 4.78 is 0. The van der Waals surface area contributed by atoms with Crippen molar-refractivity contribution in [2.45, 2.75) is 71.5 Å². The summed E-state index contributed by atoms with van der Waals surface area (Å²) in [4.78, 5) is 28.3. The van der Waals surface area contributed by atoms with Crippen LogP contribution in [0.25, 0.3) is 0 Å². The highest BCUT2D eigenvalue weighted by Crippen LogP contribution is 2.22. The van der Waals surface area contributed by atoms with Crippen LogP contribution in [0.3, 0.4) is 0 Å². The lowest BCUT2D eigenvalue weighted by molar-refractivity contribution is -0.125. The Balaban J connectivity index is 1.52. The molecule has 1 heterocycles. The molecule has 178 valence electrons. The molecule has 5 nitrogen and oxygen atoms in total. The Bertz CT molecular complexity index is 908. The summed E-state index contributed by atoms with van der Waals surface area (Å²) in [7, 11) is 0. The Morgan fingerprint density at radius 3 is 2.12 bits per heavy atom. The maximum atomic E-state index is 13.0. The van der Waals surface area contributed by atoms with Gasteiger partial charge in [-0.15, -0.1) is 0 Å². The summed E-state index contributed by atoms with van der Waals surface area (Å²) >= 11 is 0. The summed E-state index contributed by atoms with van der Waals surface area (Å²) in [6.07, 6.45) is 1.84. The van der Waals surface area contributed by atoms with Crippen molar-refractivity contribution in [2.75, 3.05) is 13.1 Å². The highest BCUT2D eigenvalue weighted by Gasteiger charge is 2.28.